The lowest BCUT2D eigenvalue weighted by Gasteiger charge is -2.19. The molecule has 0 amide bonds. The summed E-state index contributed by atoms with van der Waals surface area (Å²) in [4.78, 5) is 23.7. The van der Waals surface area contributed by atoms with Crippen LogP contribution in [0, 0.1) is 5.92 Å². The average molecular weight is 240 g/mol. The zero-order valence-electron chi connectivity index (χ0n) is 10.5. The molecule has 0 spiro atoms. The van der Waals surface area contributed by atoms with Crippen LogP contribution in [-0.4, -0.2) is 30.1 Å². The summed E-state index contributed by atoms with van der Waals surface area (Å²) in [6, 6.07) is 0. The third-order valence-electron chi connectivity index (χ3n) is 3.44. The van der Waals surface area contributed by atoms with Gasteiger partial charge < -0.3 is 9.47 Å². The molecule has 0 bridgehead atoms. The summed E-state index contributed by atoms with van der Waals surface area (Å²) in [5, 5.41) is 0. The molecule has 0 aromatic heterocycles. The fraction of sp³-hybridized carbons (Fsp3) is 0.846. The lowest BCUT2D eigenvalue weighted by molar-refractivity contribution is -0.145. The Morgan fingerprint density at radius 3 is 2.24 bits per heavy atom. The number of carbonyl (C=O) groups is 2. The molecular weight excluding hydrogens is 220 g/mol. The van der Waals surface area contributed by atoms with Crippen LogP contribution in [0.15, 0.2) is 0 Å². The highest BCUT2D eigenvalue weighted by molar-refractivity contribution is 6.03. The number of Topliss-reactive ketones (excluding diaryl/α,β-unsaturated/α-hetero) is 2. The molecule has 2 aliphatic rings. The van der Waals surface area contributed by atoms with Crippen LogP contribution < -0.4 is 0 Å². The third kappa shape index (κ3) is 3.13. The van der Waals surface area contributed by atoms with Crippen LogP contribution in [-0.2, 0) is 19.1 Å². The molecule has 2 fully saturated rings. The summed E-state index contributed by atoms with van der Waals surface area (Å²) in [7, 11) is 0. The molecule has 0 unspecified atom stereocenters. The Balaban J connectivity index is 1.97. The van der Waals surface area contributed by atoms with Gasteiger partial charge in [-0.15, -0.1) is 0 Å². The first-order valence-corrected chi connectivity index (χ1v) is 6.35. The molecule has 1 saturated carbocycles. The van der Waals surface area contributed by atoms with Crippen molar-refractivity contribution in [3.05, 3.63) is 0 Å². The Hall–Kier alpha value is -0.740. The monoisotopic (exact) mass is 240 g/mol. The predicted molar refractivity (Wildman–Crippen MR) is 61.5 cm³/mol. The standard InChI is InChI=1S/C13H20O4/c1-13(2)16-8-9(17-13)7-10-11(14)5-3-4-6-12(10)15/h9-10H,3-8H2,1-2H3/t9-/m0/s1. The molecule has 1 aliphatic carbocycles. The largest absolute Gasteiger partial charge is 0.348 e. The highest BCUT2D eigenvalue weighted by atomic mass is 16.7. The summed E-state index contributed by atoms with van der Waals surface area (Å²) in [6.45, 7) is 4.18. The van der Waals surface area contributed by atoms with E-state index < -0.39 is 11.7 Å². The van der Waals surface area contributed by atoms with Crippen LogP contribution in [0.3, 0.4) is 0 Å². The second-order valence-electron chi connectivity index (χ2n) is 5.38. The second kappa shape index (κ2) is 4.86. The average Bonchev–Trinajstić information content (AvgIpc) is 2.52. The third-order valence-corrected chi connectivity index (χ3v) is 3.44. The number of rotatable bonds is 2. The lowest BCUT2D eigenvalue weighted by atomic mass is 9.91. The molecule has 1 saturated heterocycles. The van der Waals surface area contributed by atoms with E-state index in [4.69, 9.17) is 9.47 Å². The minimum atomic E-state index is -0.582. The van der Waals surface area contributed by atoms with E-state index >= 15 is 0 Å². The van der Waals surface area contributed by atoms with Crippen molar-refractivity contribution in [2.24, 2.45) is 5.92 Å². The van der Waals surface area contributed by atoms with Gasteiger partial charge in [-0.1, -0.05) is 0 Å². The zero-order valence-corrected chi connectivity index (χ0v) is 10.5. The Bertz CT molecular complexity index is 303. The van der Waals surface area contributed by atoms with Crippen molar-refractivity contribution in [2.45, 2.75) is 57.8 Å². The van der Waals surface area contributed by atoms with Gasteiger partial charge in [0.2, 0.25) is 0 Å². The van der Waals surface area contributed by atoms with Gasteiger partial charge >= 0.3 is 0 Å². The molecule has 0 aromatic carbocycles. The van der Waals surface area contributed by atoms with E-state index in [9.17, 15) is 9.59 Å². The Morgan fingerprint density at radius 1 is 1.18 bits per heavy atom. The minimum Gasteiger partial charge on any atom is -0.348 e. The van der Waals surface area contributed by atoms with Crippen LogP contribution in [0.4, 0.5) is 0 Å². The summed E-state index contributed by atoms with van der Waals surface area (Å²) in [5.41, 5.74) is 0. The quantitative estimate of drug-likeness (QED) is 0.546. The molecule has 2 rings (SSSR count). The summed E-state index contributed by atoms with van der Waals surface area (Å²) in [6.07, 6.45) is 3.12. The van der Waals surface area contributed by atoms with Crippen LogP contribution >= 0.6 is 0 Å². The van der Waals surface area contributed by atoms with Crippen molar-refractivity contribution < 1.29 is 19.1 Å². The smallest absolute Gasteiger partial charge is 0.163 e. The molecule has 4 heteroatoms. The Kier molecular flexibility index (Phi) is 3.64. The van der Waals surface area contributed by atoms with Gasteiger partial charge in [0, 0.05) is 12.8 Å². The van der Waals surface area contributed by atoms with Gasteiger partial charge in [0.15, 0.2) is 5.79 Å². The van der Waals surface area contributed by atoms with E-state index in [1.54, 1.807) is 0 Å². The van der Waals surface area contributed by atoms with Crippen molar-refractivity contribution in [1.82, 2.24) is 0 Å². The summed E-state index contributed by atoms with van der Waals surface area (Å²) < 4.78 is 11.1. The molecule has 4 nitrogen and oxygen atoms in total. The van der Waals surface area contributed by atoms with Gasteiger partial charge in [0.1, 0.15) is 11.6 Å². The molecule has 1 atom stereocenters. The van der Waals surface area contributed by atoms with Crippen LogP contribution in [0.5, 0.6) is 0 Å². The number of ether oxygens (including phenoxy) is 2. The molecular formula is C13H20O4. The van der Waals surface area contributed by atoms with Gasteiger partial charge in [0.05, 0.1) is 18.6 Å². The molecule has 0 aromatic rings. The van der Waals surface area contributed by atoms with Crippen molar-refractivity contribution in [1.29, 1.82) is 0 Å². The van der Waals surface area contributed by atoms with Crippen molar-refractivity contribution in [3.63, 3.8) is 0 Å². The maximum Gasteiger partial charge on any atom is 0.163 e. The van der Waals surface area contributed by atoms with E-state index in [0.717, 1.165) is 12.8 Å². The number of hydrogen-bond donors (Lipinski definition) is 0. The minimum absolute atomic E-state index is 0.0841. The first-order valence-electron chi connectivity index (χ1n) is 6.35. The molecule has 1 heterocycles. The number of hydrogen-bond acceptors (Lipinski definition) is 4. The van der Waals surface area contributed by atoms with Gasteiger partial charge in [-0.2, -0.15) is 0 Å². The summed E-state index contributed by atoms with van der Waals surface area (Å²) in [5.74, 6) is -0.872. The van der Waals surface area contributed by atoms with Crippen LogP contribution in [0.1, 0.15) is 46.0 Å². The fourth-order valence-electron chi connectivity index (χ4n) is 2.53. The van der Waals surface area contributed by atoms with E-state index in [-0.39, 0.29) is 17.7 Å². The lowest BCUT2D eigenvalue weighted by Crippen LogP contribution is -2.29. The topological polar surface area (TPSA) is 52.6 Å². The molecule has 1 aliphatic heterocycles. The van der Waals surface area contributed by atoms with E-state index in [2.05, 4.69) is 0 Å². The molecule has 17 heavy (non-hydrogen) atoms. The van der Waals surface area contributed by atoms with E-state index in [0.29, 0.717) is 25.9 Å². The van der Waals surface area contributed by atoms with Crippen molar-refractivity contribution in [2.75, 3.05) is 6.61 Å². The summed E-state index contributed by atoms with van der Waals surface area (Å²) >= 11 is 0. The van der Waals surface area contributed by atoms with Gasteiger partial charge in [-0.25, -0.2) is 0 Å². The maximum atomic E-state index is 11.9. The molecule has 96 valence electrons. The molecule has 0 N–H and O–H groups in total. The Morgan fingerprint density at radius 2 is 1.76 bits per heavy atom. The van der Waals surface area contributed by atoms with Crippen LogP contribution in [0.2, 0.25) is 0 Å². The van der Waals surface area contributed by atoms with E-state index in [1.165, 1.54) is 0 Å². The second-order valence-corrected chi connectivity index (χ2v) is 5.38. The predicted octanol–water partition coefficient (Wildman–Crippen LogP) is 1.86. The van der Waals surface area contributed by atoms with Crippen molar-refractivity contribution >= 4 is 11.6 Å². The SMILES string of the molecule is CC1(C)OC[C@H](CC2C(=O)CCCCC2=O)O1. The highest BCUT2D eigenvalue weighted by Crippen LogP contribution is 2.29. The van der Waals surface area contributed by atoms with Gasteiger partial charge in [0.25, 0.3) is 0 Å². The maximum absolute atomic E-state index is 11.9. The van der Waals surface area contributed by atoms with E-state index in [1.807, 2.05) is 13.8 Å². The normalized spacial score (nSPS) is 30.6. The van der Waals surface area contributed by atoms with Crippen LogP contribution in [0.25, 0.3) is 0 Å². The Labute approximate surface area is 102 Å². The van der Waals surface area contributed by atoms with Gasteiger partial charge in [-0.3, -0.25) is 9.59 Å². The fourth-order valence-corrected chi connectivity index (χ4v) is 2.53. The zero-order chi connectivity index (χ0) is 12.5. The highest BCUT2D eigenvalue weighted by Gasteiger charge is 2.37. The molecule has 0 radical (unpaired) electrons. The van der Waals surface area contributed by atoms with Crippen molar-refractivity contribution in [3.8, 4) is 0 Å². The number of carbonyl (C=O) groups excluding carboxylic acids is 2. The number of ketones is 2. The first kappa shape index (κ1) is 12.7. The van der Waals surface area contributed by atoms with Gasteiger partial charge in [-0.05, 0) is 33.1 Å². The first-order chi connectivity index (χ1) is 7.98.